The van der Waals surface area contributed by atoms with Crippen LogP contribution in [0.1, 0.15) is 40.0 Å². The minimum absolute atomic E-state index is 0.0231. The number of hydrogen-bond donors (Lipinski definition) is 1. The molecule has 0 aromatic heterocycles. The van der Waals surface area contributed by atoms with Crippen molar-refractivity contribution in [3.8, 4) is 0 Å². The first-order valence-electron chi connectivity index (χ1n) is 7.57. The Morgan fingerprint density at radius 2 is 1.81 bits per heavy atom. The van der Waals surface area contributed by atoms with Gasteiger partial charge in [-0.3, -0.25) is 14.4 Å². The van der Waals surface area contributed by atoms with Crippen molar-refractivity contribution in [3.05, 3.63) is 0 Å². The lowest BCUT2D eigenvalue weighted by molar-refractivity contribution is -0.142. The fraction of sp³-hybridized carbons (Fsp3) is 0.800. The molecule has 1 fully saturated rings. The summed E-state index contributed by atoms with van der Waals surface area (Å²) in [5.74, 6) is -0.588. The molecular formula is C15H26N2O4. The second-order valence-corrected chi connectivity index (χ2v) is 6.10. The smallest absolute Gasteiger partial charge is 0.305 e. The molecule has 6 heteroatoms. The molecule has 1 rings (SSSR count). The van der Waals surface area contributed by atoms with Crippen molar-refractivity contribution in [1.29, 1.82) is 0 Å². The van der Waals surface area contributed by atoms with Crippen molar-refractivity contribution >= 4 is 17.8 Å². The largest absolute Gasteiger partial charge is 0.481 e. The van der Waals surface area contributed by atoms with Gasteiger partial charge in [-0.25, -0.2) is 0 Å². The van der Waals surface area contributed by atoms with E-state index in [0.29, 0.717) is 38.4 Å². The summed E-state index contributed by atoms with van der Waals surface area (Å²) in [5.41, 5.74) is 0. The lowest BCUT2D eigenvalue weighted by Gasteiger charge is -2.34. The van der Waals surface area contributed by atoms with E-state index in [1.165, 1.54) is 0 Å². The molecule has 120 valence electrons. The molecule has 0 unspecified atom stereocenters. The zero-order valence-corrected chi connectivity index (χ0v) is 13.2. The first-order valence-corrected chi connectivity index (χ1v) is 7.57. The molecule has 2 amide bonds. The molecule has 1 saturated heterocycles. The maximum Gasteiger partial charge on any atom is 0.305 e. The maximum absolute atomic E-state index is 12.6. The summed E-state index contributed by atoms with van der Waals surface area (Å²) in [5, 5.41) is 8.80. The van der Waals surface area contributed by atoms with Gasteiger partial charge >= 0.3 is 5.97 Å². The van der Waals surface area contributed by atoms with Gasteiger partial charge in [0.05, 0.1) is 6.42 Å². The van der Waals surface area contributed by atoms with Crippen LogP contribution >= 0.6 is 0 Å². The van der Waals surface area contributed by atoms with Crippen LogP contribution in [-0.2, 0) is 14.4 Å². The van der Waals surface area contributed by atoms with E-state index in [4.69, 9.17) is 5.11 Å². The lowest BCUT2D eigenvalue weighted by Crippen LogP contribution is -2.45. The number of carboxylic acids is 1. The van der Waals surface area contributed by atoms with Crippen LogP contribution in [0.25, 0.3) is 0 Å². The third-order valence-corrected chi connectivity index (χ3v) is 3.78. The standard InChI is InChI=1S/C15H26N2O4/c1-11(2)10-17(9-6-14(19)20)15(21)13-4-7-16(8-5-13)12(3)18/h11,13H,4-10H2,1-3H3,(H,19,20). The molecule has 0 atom stereocenters. The third kappa shape index (κ3) is 5.73. The highest BCUT2D eigenvalue weighted by atomic mass is 16.4. The van der Waals surface area contributed by atoms with Crippen LogP contribution in [0.2, 0.25) is 0 Å². The summed E-state index contributed by atoms with van der Waals surface area (Å²) in [7, 11) is 0. The Morgan fingerprint density at radius 1 is 1.24 bits per heavy atom. The lowest BCUT2D eigenvalue weighted by atomic mass is 9.94. The van der Waals surface area contributed by atoms with E-state index >= 15 is 0 Å². The van der Waals surface area contributed by atoms with Crippen LogP contribution in [0, 0.1) is 11.8 Å². The Labute approximate surface area is 126 Å². The molecule has 0 bridgehead atoms. The maximum atomic E-state index is 12.6. The van der Waals surface area contributed by atoms with Crippen LogP contribution in [0.15, 0.2) is 0 Å². The van der Waals surface area contributed by atoms with Gasteiger partial charge in [0.25, 0.3) is 0 Å². The van der Waals surface area contributed by atoms with E-state index in [1.54, 1.807) is 16.7 Å². The number of likely N-dealkylation sites (tertiary alicyclic amines) is 1. The highest BCUT2D eigenvalue weighted by Gasteiger charge is 2.29. The van der Waals surface area contributed by atoms with E-state index in [-0.39, 0.29) is 30.7 Å². The Balaban J connectivity index is 2.59. The van der Waals surface area contributed by atoms with Crippen molar-refractivity contribution in [2.24, 2.45) is 11.8 Å². The molecule has 0 saturated carbocycles. The Morgan fingerprint density at radius 3 is 2.24 bits per heavy atom. The highest BCUT2D eigenvalue weighted by Crippen LogP contribution is 2.20. The van der Waals surface area contributed by atoms with Gasteiger partial charge in [0.1, 0.15) is 0 Å². The van der Waals surface area contributed by atoms with Gasteiger partial charge < -0.3 is 14.9 Å². The summed E-state index contributed by atoms with van der Waals surface area (Å²) in [6, 6.07) is 0. The van der Waals surface area contributed by atoms with Crippen molar-refractivity contribution in [1.82, 2.24) is 9.80 Å². The average molecular weight is 298 g/mol. The van der Waals surface area contributed by atoms with Crippen molar-refractivity contribution < 1.29 is 19.5 Å². The molecule has 6 nitrogen and oxygen atoms in total. The van der Waals surface area contributed by atoms with Gasteiger partial charge in [-0.15, -0.1) is 0 Å². The van der Waals surface area contributed by atoms with Gasteiger partial charge in [-0.1, -0.05) is 13.8 Å². The number of carbonyl (C=O) groups is 3. The van der Waals surface area contributed by atoms with E-state index in [0.717, 1.165) is 0 Å². The Bertz CT molecular complexity index is 387. The van der Waals surface area contributed by atoms with Crippen molar-refractivity contribution in [2.45, 2.75) is 40.0 Å². The van der Waals surface area contributed by atoms with Crippen LogP contribution in [-0.4, -0.2) is 58.9 Å². The van der Waals surface area contributed by atoms with Crippen molar-refractivity contribution in [3.63, 3.8) is 0 Å². The second-order valence-electron chi connectivity index (χ2n) is 6.10. The molecule has 1 heterocycles. The number of hydrogen-bond acceptors (Lipinski definition) is 3. The van der Waals surface area contributed by atoms with E-state index in [2.05, 4.69) is 0 Å². The highest BCUT2D eigenvalue weighted by molar-refractivity contribution is 5.80. The van der Waals surface area contributed by atoms with Crippen LogP contribution in [0.5, 0.6) is 0 Å². The zero-order valence-electron chi connectivity index (χ0n) is 13.2. The number of nitrogens with zero attached hydrogens (tertiary/aromatic N) is 2. The van der Waals surface area contributed by atoms with Crippen molar-refractivity contribution in [2.75, 3.05) is 26.2 Å². The van der Waals surface area contributed by atoms with E-state index in [9.17, 15) is 14.4 Å². The fourth-order valence-corrected chi connectivity index (χ4v) is 2.66. The van der Waals surface area contributed by atoms with Gasteiger partial charge in [0, 0.05) is 39.0 Å². The molecule has 1 aliphatic heterocycles. The summed E-state index contributed by atoms with van der Waals surface area (Å²) in [6.45, 7) is 7.64. The average Bonchev–Trinajstić information content (AvgIpc) is 2.42. The van der Waals surface area contributed by atoms with E-state index in [1.807, 2.05) is 13.8 Å². The molecule has 0 radical (unpaired) electrons. The molecule has 21 heavy (non-hydrogen) atoms. The van der Waals surface area contributed by atoms with Crippen LogP contribution in [0.4, 0.5) is 0 Å². The molecule has 0 aromatic carbocycles. The van der Waals surface area contributed by atoms with E-state index < -0.39 is 5.97 Å². The number of carboxylic acid groups (broad SMARTS) is 1. The van der Waals surface area contributed by atoms with Gasteiger partial charge in [0.15, 0.2) is 0 Å². The molecule has 0 aliphatic carbocycles. The minimum Gasteiger partial charge on any atom is -0.481 e. The predicted octanol–water partition coefficient (Wildman–Crippen LogP) is 1.20. The molecule has 0 aromatic rings. The summed E-state index contributed by atoms with van der Waals surface area (Å²) in [6.07, 6.45) is 1.31. The molecule has 1 aliphatic rings. The number of carbonyl (C=O) groups excluding carboxylic acids is 2. The SMILES string of the molecule is CC(=O)N1CCC(C(=O)N(CCC(=O)O)CC(C)C)CC1. The Kier molecular flexibility index (Phi) is 6.65. The molecular weight excluding hydrogens is 272 g/mol. The normalized spacial score (nSPS) is 16.1. The van der Waals surface area contributed by atoms with Gasteiger partial charge in [0.2, 0.25) is 11.8 Å². The zero-order chi connectivity index (χ0) is 16.0. The number of aliphatic carboxylic acids is 1. The first kappa shape index (κ1) is 17.5. The Hall–Kier alpha value is -1.59. The van der Waals surface area contributed by atoms with Crippen LogP contribution < -0.4 is 0 Å². The third-order valence-electron chi connectivity index (χ3n) is 3.78. The molecule has 1 N–H and O–H groups in total. The van der Waals surface area contributed by atoms with Crippen LogP contribution in [0.3, 0.4) is 0 Å². The minimum atomic E-state index is -0.886. The van der Waals surface area contributed by atoms with Gasteiger partial charge in [-0.2, -0.15) is 0 Å². The quantitative estimate of drug-likeness (QED) is 0.799. The number of rotatable bonds is 6. The topological polar surface area (TPSA) is 77.9 Å². The fourth-order valence-electron chi connectivity index (χ4n) is 2.66. The van der Waals surface area contributed by atoms with Gasteiger partial charge in [-0.05, 0) is 18.8 Å². The first-order chi connectivity index (χ1) is 9.81. The summed E-state index contributed by atoms with van der Waals surface area (Å²) >= 11 is 0. The summed E-state index contributed by atoms with van der Waals surface area (Å²) in [4.78, 5) is 38.0. The predicted molar refractivity (Wildman–Crippen MR) is 78.6 cm³/mol. The summed E-state index contributed by atoms with van der Waals surface area (Å²) < 4.78 is 0. The number of amides is 2. The monoisotopic (exact) mass is 298 g/mol. The molecule has 0 spiro atoms. The second kappa shape index (κ2) is 8.00. The number of piperidine rings is 1.